The summed E-state index contributed by atoms with van der Waals surface area (Å²) in [5.41, 5.74) is 1.89. The molecule has 0 fully saturated rings. The van der Waals surface area contributed by atoms with Crippen LogP contribution in [0.2, 0.25) is 0 Å². The van der Waals surface area contributed by atoms with Gasteiger partial charge in [-0.15, -0.1) is 11.3 Å². The molecule has 1 aliphatic rings. The maximum Gasteiger partial charge on any atom is 0.339 e. The van der Waals surface area contributed by atoms with Gasteiger partial charge in [0.25, 0.3) is 0 Å². The van der Waals surface area contributed by atoms with E-state index in [1.54, 1.807) is 19.2 Å². The van der Waals surface area contributed by atoms with Gasteiger partial charge in [0, 0.05) is 23.3 Å². The number of carboxylic acid groups (broad SMARTS) is 1. The molecule has 156 valence electrons. The van der Waals surface area contributed by atoms with Gasteiger partial charge in [0.05, 0.1) is 12.7 Å². The Bertz CT molecular complexity index is 1070. The van der Waals surface area contributed by atoms with Crippen LogP contribution in [0, 0.1) is 0 Å². The molecule has 0 bridgehead atoms. The van der Waals surface area contributed by atoms with Crippen LogP contribution in [0.1, 0.15) is 46.0 Å². The summed E-state index contributed by atoms with van der Waals surface area (Å²) < 4.78 is 10.4. The average Bonchev–Trinajstić information content (AvgIpc) is 3.36. The summed E-state index contributed by atoms with van der Waals surface area (Å²) in [5.74, 6) is 0.244. The number of aromatic carboxylic acids is 1. The SMILES string of the molecule is COc1ccc(-c2noc(CCC(=O)Nc3sc4c(c3C(=O)O)CCCC4)n2)cc1. The Morgan fingerprint density at radius 3 is 2.73 bits per heavy atom. The zero-order chi connectivity index (χ0) is 21.1. The fourth-order valence-corrected chi connectivity index (χ4v) is 4.80. The number of rotatable bonds is 7. The lowest BCUT2D eigenvalue weighted by molar-refractivity contribution is -0.116. The number of ether oxygens (including phenoxy) is 1. The number of carboxylic acids is 1. The average molecular weight is 427 g/mol. The van der Waals surface area contributed by atoms with Gasteiger partial charge in [0.15, 0.2) is 0 Å². The van der Waals surface area contributed by atoms with Crippen molar-refractivity contribution in [3.05, 3.63) is 46.2 Å². The summed E-state index contributed by atoms with van der Waals surface area (Å²) in [7, 11) is 1.59. The van der Waals surface area contributed by atoms with Crippen LogP contribution in [-0.2, 0) is 24.1 Å². The van der Waals surface area contributed by atoms with E-state index in [-0.39, 0.29) is 24.3 Å². The van der Waals surface area contributed by atoms with E-state index in [4.69, 9.17) is 9.26 Å². The van der Waals surface area contributed by atoms with E-state index in [0.717, 1.165) is 47.4 Å². The second-order valence-electron chi connectivity index (χ2n) is 7.01. The normalized spacial score (nSPS) is 13.0. The molecule has 0 unspecified atom stereocenters. The van der Waals surface area contributed by atoms with E-state index >= 15 is 0 Å². The van der Waals surface area contributed by atoms with Crippen molar-refractivity contribution in [1.29, 1.82) is 0 Å². The first-order valence-electron chi connectivity index (χ1n) is 9.70. The summed E-state index contributed by atoms with van der Waals surface area (Å²) in [6.45, 7) is 0. The Kier molecular flexibility index (Phi) is 5.80. The summed E-state index contributed by atoms with van der Waals surface area (Å²) in [6.07, 6.45) is 4.03. The van der Waals surface area contributed by atoms with Crippen molar-refractivity contribution in [1.82, 2.24) is 10.1 Å². The van der Waals surface area contributed by atoms with Gasteiger partial charge < -0.3 is 19.7 Å². The van der Waals surface area contributed by atoms with Crippen LogP contribution < -0.4 is 10.1 Å². The molecule has 2 heterocycles. The molecule has 1 amide bonds. The van der Waals surface area contributed by atoms with Crippen LogP contribution >= 0.6 is 11.3 Å². The maximum absolute atomic E-state index is 12.4. The van der Waals surface area contributed by atoms with E-state index in [9.17, 15) is 14.7 Å². The molecule has 3 aromatic rings. The van der Waals surface area contributed by atoms with E-state index in [1.165, 1.54) is 11.3 Å². The van der Waals surface area contributed by atoms with Gasteiger partial charge in [-0.05, 0) is 55.5 Å². The molecular formula is C21H21N3O5S. The number of thiophene rings is 1. The highest BCUT2D eigenvalue weighted by Gasteiger charge is 2.26. The molecular weight excluding hydrogens is 406 g/mol. The molecule has 0 radical (unpaired) electrons. The highest BCUT2D eigenvalue weighted by atomic mass is 32.1. The Morgan fingerprint density at radius 1 is 1.23 bits per heavy atom. The monoisotopic (exact) mass is 427 g/mol. The van der Waals surface area contributed by atoms with Crippen LogP contribution in [0.3, 0.4) is 0 Å². The van der Waals surface area contributed by atoms with Crippen LogP contribution in [0.4, 0.5) is 5.00 Å². The smallest absolute Gasteiger partial charge is 0.339 e. The third-order valence-corrected chi connectivity index (χ3v) is 6.23. The number of benzene rings is 1. The molecule has 8 nitrogen and oxygen atoms in total. The number of nitrogens with one attached hydrogen (secondary N) is 1. The molecule has 0 aliphatic heterocycles. The summed E-state index contributed by atoms with van der Waals surface area (Å²) >= 11 is 1.37. The molecule has 1 aromatic carbocycles. The van der Waals surface area contributed by atoms with Gasteiger partial charge in [-0.2, -0.15) is 4.98 Å². The Labute approximate surface area is 176 Å². The molecule has 1 aliphatic carbocycles. The zero-order valence-electron chi connectivity index (χ0n) is 16.4. The van der Waals surface area contributed by atoms with Crippen LogP contribution in [0.25, 0.3) is 11.4 Å². The molecule has 0 spiro atoms. The van der Waals surface area contributed by atoms with Gasteiger partial charge >= 0.3 is 5.97 Å². The number of carbonyl (C=O) groups is 2. The van der Waals surface area contributed by atoms with Gasteiger partial charge in [-0.25, -0.2) is 4.79 Å². The first-order valence-corrected chi connectivity index (χ1v) is 10.5. The van der Waals surface area contributed by atoms with Crippen molar-refractivity contribution in [2.45, 2.75) is 38.5 Å². The van der Waals surface area contributed by atoms with E-state index in [0.29, 0.717) is 16.7 Å². The topological polar surface area (TPSA) is 115 Å². The zero-order valence-corrected chi connectivity index (χ0v) is 17.3. The van der Waals surface area contributed by atoms with Crippen LogP contribution in [-0.4, -0.2) is 34.2 Å². The number of methoxy groups -OCH3 is 1. The Hall–Kier alpha value is -3.20. The number of anilines is 1. The molecule has 0 atom stereocenters. The molecule has 2 N–H and O–H groups in total. The predicted molar refractivity (Wildman–Crippen MR) is 111 cm³/mol. The lowest BCUT2D eigenvalue weighted by Crippen LogP contribution is -2.14. The van der Waals surface area contributed by atoms with Crippen LogP contribution in [0.5, 0.6) is 5.75 Å². The molecule has 30 heavy (non-hydrogen) atoms. The number of nitrogens with zero attached hydrogens (tertiary/aromatic N) is 2. The van der Waals surface area contributed by atoms with Crippen LogP contribution in [0.15, 0.2) is 28.8 Å². The molecule has 4 rings (SSSR count). The number of hydrogen-bond acceptors (Lipinski definition) is 7. The van der Waals surface area contributed by atoms with Crippen molar-refractivity contribution < 1.29 is 24.0 Å². The van der Waals surface area contributed by atoms with E-state index in [2.05, 4.69) is 15.5 Å². The highest BCUT2D eigenvalue weighted by Crippen LogP contribution is 2.38. The third kappa shape index (κ3) is 4.20. The van der Waals surface area contributed by atoms with Crippen molar-refractivity contribution in [2.75, 3.05) is 12.4 Å². The molecule has 0 saturated heterocycles. The number of hydrogen-bond donors (Lipinski definition) is 2. The first kappa shape index (κ1) is 20.1. The van der Waals surface area contributed by atoms with Gasteiger partial charge in [0.1, 0.15) is 10.8 Å². The van der Waals surface area contributed by atoms with Crippen molar-refractivity contribution in [3.8, 4) is 17.1 Å². The van der Waals surface area contributed by atoms with Crippen molar-refractivity contribution in [2.24, 2.45) is 0 Å². The van der Waals surface area contributed by atoms with E-state index < -0.39 is 5.97 Å². The summed E-state index contributed by atoms with van der Waals surface area (Å²) in [4.78, 5) is 29.5. The van der Waals surface area contributed by atoms with Crippen molar-refractivity contribution in [3.63, 3.8) is 0 Å². The third-order valence-electron chi connectivity index (χ3n) is 5.02. The van der Waals surface area contributed by atoms with Gasteiger partial charge in [-0.3, -0.25) is 4.79 Å². The first-order chi connectivity index (χ1) is 14.5. The number of amides is 1. The quantitative estimate of drug-likeness (QED) is 0.586. The summed E-state index contributed by atoms with van der Waals surface area (Å²) in [6, 6.07) is 7.26. The van der Waals surface area contributed by atoms with E-state index in [1.807, 2.05) is 12.1 Å². The largest absolute Gasteiger partial charge is 0.497 e. The fraction of sp³-hybridized carbons (Fsp3) is 0.333. The molecule has 2 aromatic heterocycles. The van der Waals surface area contributed by atoms with Gasteiger partial charge in [0.2, 0.25) is 17.6 Å². The standard InChI is InChI=1S/C21H21N3O5S/c1-28-13-8-6-12(7-9-13)19-23-17(29-24-19)11-10-16(25)22-20-18(21(26)27)14-4-2-3-5-15(14)30-20/h6-9H,2-5,10-11H2,1H3,(H,22,25)(H,26,27). The minimum absolute atomic E-state index is 0.117. The Morgan fingerprint density at radius 2 is 2.00 bits per heavy atom. The molecule has 0 saturated carbocycles. The second kappa shape index (κ2) is 8.66. The number of fused-ring (bicyclic) bond motifs is 1. The lowest BCUT2D eigenvalue weighted by atomic mass is 9.95. The maximum atomic E-state index is 12.4. The minimum atomic E-state index is -0.995. The second-order valence-corrected chi connectivity index (χ2v) is 8.11. The molecule has 9 heteroatoms. The highest BCUT2D eigenvalue weighted by molar-refractivity contribution is 7.17. The predicted octanol–water partition coefficient (Wildman–Crippen LogP) is 3.96. The number of carbonyl (C=O) groups excluding carboxylic acids is 1. The van der Waals surface area contributed by atoms with Crippen molar-refractivity contribution >= 4 is 28.2 Å². The lowest BCUT2D eigenvalue weighted by Gasteiger charge is -2.10. The number of aromatic nitrogens is 2. The minimum Gasteiger partial charge on any atom is -0.497 e. The van der Waals surface area contributed by atoms with Gasteiger partial charge in [-0.1, -0.05) is 5.16 Å². The summed E-state index contributed by atoms with van der Waals surface area (Å²) in [5, 5.41) is 16.7. The fourth-order valence-electron chi connectivity index (χ4n) is 3.50. The number of aryl methyl sites for hydroxylation is 2. The Balaban J connectivity index is 1.39.